The van der Waals surface area contributed by atoms with E-state index in [1.54, 1.807) is 0 Å². The van der Waals surface area contributed by atoms with Crippen LogP contribution in [0.4, 0.5) is 0 Å². The van der Waals surface area contributed by atoms with E-state index in [2.05, 4.69) is 104 Å². The fourth-order valence-electron chi connectivity index (χ4n) is 4.12. The number of hydrogen-bond donors (Lipinski definition) is 0. The molecule has 7 heteroatoms. The molecule has 32 heavy (non-hydrogen) atoms. The van der Waals surface area contributed by atoms with Gasteiger partial charge in [0.25, 0.3) is 0 Å². The average molecular weight is 555 g/mol. The van der Waals surface area contributed by atoms with Gasteiger partial charge in [0, 0.05) is 18.7 Å². The van der Waals surface area contributed by atoms with Crippen LogP contribution in [-0.4, -0.2) is 19.1 Å². The molecule has 0 aliphatic carbocycles. The van der Waals surface area contributed by atoms with Crippen molar-refractivity contribution in [3.8, 4) is 17.3 Å². The lowest BCUT2D eigenvalue weighted by Crippen LogP contribution is -2.06. The van der Waals surface area contributed by atoms with Crippen LogP contribution in [0.1, 0.15) is 55.7 Å². The maximum atomic E-state index is 9.78. The highest BCUT2D eigenvalue weighted by atomic mass is 79.9. The molecular weight excluding hydrogens is 530 g/mol. The highest BCUT2D eigenvalue weighted by Crippen LogP contribution is 2.40. The van der Waals surface area contributed by atoms with Gasteiger partial charge in [-0.25, -0.2) is 9.97 Å². The average Bonchev–Trinajstić information content (AvgIpc) is 3.25. The molecule has 0 saturated heterocycles. The maximum Gasteiger partial charge on any atom is 0.160 e. The second-order valence-electron chi connectivity index (χ2n) is 8.27. The molecule has 0 amide bonds. The summed E-state index contributed by atoms with van der Waals surface area (Å²) in [5.41, 5.74) is 6.82. The number of nitrogens with zero attached hydrogens (tertiary/aromatic N) is 5. The largest absolute Gasteiger partial charge is 0.331 e. The number of halogens is 2. The van der Waals surface area contributed by atoms with Crippen molar-refractivity contribution in [3.63, 3.8) is 0 Å². The van der Waals surface area contributed by atoms with Crippen LogP contribution < -0.4 is 0 Å². The third kappa shape index (κ3) is 3.91. The molecule has 164 valence electrons. The maximum absolute atomic E-state index is 9.78. The number of aryl methyl sites for hydroxylation is 2. The highest BCUT2D eigenvalue weighted by Gasteiger charge is 2.23. The Morgan fingerprint density at radius 2 is 1.84 bits per heavy atom. The number of hydrogen-bond acceptors (Lipinski definition) is 3. The summed E-state index contributed by atoms with van der Waals surface area (Å²) in [6.45, 7) is 9.20. The first-order valence-corrected chi connectivity index (χ1v) is 12.3. The Labute approximate surface area is 205 Å². The molecule has 5 nitrogen and oxygen atoms in total. The zero-order valence-electron chi connectivity index (χ0n) is 18.7. The SMILES string of the molecule is CCCc1nc2c(C)ccnc2n1Cc1ccc(-c2c(C#N)c(Br)c(Br)n2C(C)C)cc1. The summed E-state index contributed by atoms with van der Waals surface area (Å²) >= 11 is 7.22. The number of pyridine rings is 1. The van der Waals surface area contributed by atoms with Gasteiger partial charge >= 0.3 is 0 Å². The minimum atomic E-state index is 0.209. The van der Waals surface area contributed by atoms with E-state index in [-0.39, 0.29) is 6.04 Å². The van der Waals surface area contributed by atoms with Crippen LogP contribution in [0, 0.1) is 18.3 Å². The lowest BCUT2D eigenvalue weighted by Gasteiger charge is -2.15. The monoisotopic (exact) mass is 553 g/mol. The Morgan fingerprint density at radius 1 is 1.12 bits per heavy atom. The molecule has 0 radical (unpaired) electrons. The van der Waals surface area contributed by atoms with Gasteiger partial charge in [-0.2, -0.15) is 5.26 Å². The van der Waals surface area contributed by atoms with Gasteiger partial charge in [-0.1, -0.05) is 31.2 Å². The molecule has 1 aromatic carbocycles. The van der Waals surface area contributed by atoms with E-state index >= 15 is 0 Å². The zero-order chi connectivity index (χ0) is 23.0. The van der Waals surface area contributed by atoms with Crippen molar-refractivity contribution in [3.05, 3.63) is 68.1 Å². The van der Waals surface area contributed by atoms with Crippen molar-refractivity contribution in [2.45, 2.75) is 53.1 Å². The molecule has 0 spiro atoms. The smallest absolute Gasteiger partial charge is 0.160 e. The molecule has 0 saturated carbocycles. The normalized spacial score (nSPS) is 11.4. The fourth-order valence-corrected chi connectivity index (χ4v) is 5.37. The van der Waals surface area contributed by atoms with Gasteiger partial charge in [0.1, 0.15) is 22.0 Å². The van der Waals surface area contributed by atoms with Crippen molar-refractivity contribution < 1.29 is 0 Å². The fraction of sp³-hybridized carbons (Fsp3) is 0.320. The lowest BCUT2D eigenvalue weighted by atomic mass is 10.1. The van der Waals surface area contributed by atoms with Gasteiger partial charge in [-0.05, 0) is 81.8 Å². The predicted octanol–water partition coefficient (Wildman–Crippen LogP) is 7.19. The summed E-state index contributed by atoms with van der Waals surface area (Å²) in [6.07, 6.45) is 3.81. The molecule has 0 N–H and O–H groups in total. The van der Waals surface area contributed by atoms with Crippen molar-refractivity contribution in [1.29, 1.82) is 5.26 Å². The zero-order valence-corrected chi connectivity index (χ0v) is 21.8. The molecule has 3 heterocycles. The van der Waals surface area contributed by atoms with E-state index in [1.807, 2.05) is 12.3 Å². The van der Waals surface area contributed by atoms with E-state index < -0.39 is 0 Å². The standard InChI is InChI=1S/C25H25Br2N5/c1-5-6-20-30-22-16(4)11-12-29-25(22)31(20)14-17-7-9-18(10-8-17)23-19(13-28)21(26)24(27)32(23)15(2)3/h7-12,15H,5-6,14H2,1-4H3. The molecule has 3 aromatic heterocycles. The Hall–Kier alpha value is -2.43. The van der Waals surface area contributed by atoms with Crippen LogP contribution in [0.15, 0.2) is 45.6 Å². The summed E-state index contributed by atoms with van der Waals surface area (Å²) in [7, 11) is 0. The van der Waals surface area contributed by atoms with Gasteiger partial charge in [-0.3, -0.25) is 0 Å². The third-order valence-electron chi connectivity index (χ3n) is 5.67. The Morgan fingerprint density at radius 3 is 2.47 bits per heavy atom. The summed E-state index contributed by atoms with van der Waals surface area (Å²) in [5, 5.41) is 9.78. The molecule has 0 aliphatic rings. The van der Waals surface area contributed by atoms with E-state index in [9.17, 15) is 5.26 Å². The van der Waals surface area contributed by atoms with Crippen molar-refractivity contribution in [1.82, 2.24) is 19.1 Å². The number of nitriles is 1. The summed E-state index contributed by atoms with van der Waals surface area (Å²) in [4.78, 5) is 9.50. The van der Waals surface area contributed by atoms with Crippen molar-refractivity contribution >= 4 is 43.0 Å². The van der Waals surface area contributed by atoms with Crippen LogP contribution in [0.2, 0.25) is 0 Å². The third-order valence-corrected chi connectivity index (χ3v) is 7.76. The summed E-state index contributed by atoms with van der Waals surface area (Å²) < 4.78 is 6.06. The summed E-state index contributed by atoms with van der Waals surface area (Å²) in [5.74, 6) is 1.07. The topological polar surface area (TPSA) is 59.4 Å². The number of rotatable bonds is 6. The molecule has 0 fully saturated rings. The first kappa shape index (κ1) is 22.8. The molecule has 4 rings (SSSR count). The van der Waals surface area contributed by atoms with Crippen LogP contribution in [0.3, 0.4) is 0 Å². The number of aromatic nitrogens is 4. The summed E-state index contributed by atoms with van der Waals surface area (Å²) in [6, 6.07) is 13.0. The Bertz CT molecular complexity index is 1320. The van der Waals surface area contributed by atoms with Crippen LogP contribution in [-0.2, 0) is 13.0 Å². The van der Waals surface area contributed by atoms with Crippen molar-refractivity contribution in [2.24, 2.45) is 0 Å². The second-order valence-corrected chi connectivity index (χ2v) is 9.81. The van der Waals surface area contributed by atoms with Gasteiger partial charge in [-0.15, -0.1) is 0 Å². The first-order valence-electron chi connectivity index (χ1n) is 10.8. The number of benzene rings is 1. The number of imidazole rings is 1. The molecule has 0 bridgehead atoms. The van der Waals surface area contributed by atoms with Gasteiger partial charge in [0.05, 0.1) is 22.3 Å². The van der Waals surface area contributed by atoms with Crippen LogP contribution in [0.25, 0.3) is 22.4 Å². The predicted molar refractivity (Wildman–Crippen MR) is 136 cm³/mol. The first-order chi connectivity index (χ1) is 15.4. The van der Waals surface area contributed by atoms with Crippen LogP contribution in [0.5, 0.6) is 0 Å². The molecule has 0 aliphatic heterocycles. The van der Waals surface area contributed by atoms with Gasteiger partial charge in [0.15, 0.2) is 5.65 Å². The molecule has 0 atom stereocenters. The van der Waals surface area contributed by atoms with E-state index in [4.69, 9.17) is 4.98 Å². The van der Waals surface area contributed by atoms with Crippen LogP contribution >= 0.6 is 31.9 Å². The van der Waals surface area contributed by atoms with E-state index in [0.717, 1.165) is 55.7 Å². The lowest BCUT2D eigenvalue weighted by molar-refractivity contribution is 0.597. The molecular formula is C25H25Br2N5. The van der Waals surface area contributed by atoms with Gasteiger partial charge < -0.3 is 9.13 Å². The van der Waals surface area contributed by atoms with Crippen molar-refractivity contribution in [2.75, 3.05) is 0 Å². The van der Waals surface area contributed by atoms with E-state index in [0.29, 0.717) is 12.1 Å². The Kier molecular flexibility index (Phi) is 6.55. The minimum absolute atomic E-state index is 0.209. The Balaban J connectivity index is 1.75. The van der Waals surface area contributed by atoms with Gasteiger partial charge in [0.2, 0.25) is 0 Å². The molecule has 0 unspecified atom stereocenters. The highest BCUT2D eigenvalue weighted by molar-refractivity contribution is 9.13. The second kappa shape index (κ2) is 9.21. The minimum Gasteiger partial charge on any atom is -0.331 e. The van der Waals surface area contributed by atoms with E-state index in [1.165, 1.54) is 5.56 Å². The number of fused-ring (bicyclic) bond motifs is 1. The quantitative estimate of drug-likeness (QED) is 0.253. The molecule has 4 aromatic rings.